The van der Waals surface area contributed by atoms with Crippen molar-refractivity contribution >= 4 is 16.0 Å². The van der Waals surface area contributed by atoms with Gasteiger partial charge >= 0.3 is 5.97 Å². The van der Waals surface area contributed by atoms with E-state index in [0.29, 0.717) is 12.5 Å². The molecule has 1 heterocycles. The van der Waals surface area contributed by atoms with Gasteiger partial charge in [-0.25, -0.2) is 13.1 Å². The van der Waals surface area contributed by atoms with Crippen LogP contribution in [0.3, 0.4) is 0 Å². The van der Waals surface area contributed by atoms with Crippen molar-refractivity contribution in [1.82, 2.24) is 10.0 Å². The maximum Gasteiger partial charge on any atom is 0.325 e. The van der Waals surface area contributed by atoms with Crippen molar-refractivity contribution in [2.75, 3.05) is 26.7 Å². The molecule has 2 N–H and O–H groups in total. The van der Waals surface area contributed by atoms with Gasteiger partial charge in [0.05, 0.1) is 7.11 Å². The molecule has 1 saturated heterocycles. The zero-order valence-electron chi connectivity index (χ0n) is 10.2. The van der Waals surface area contributed by atoms with Crippen molar-refractivity contribution in [3.63, 3.8) is 0 Å². The maximum atomic E-state index is 11.7. The highest BCUT2D eigenvalue weighted by atomic mass is 32.2. The van der Waals surface area contributed by atoms with Crippen molar-refractivity contribution < 1.29 is 17.9 Å². The second kappa shape index (κ2) is 6.32. The van der Waals surface area contributed by atoms with Crippen LogP contribution in [0.4, 0.5) is 0 Å². The molecule has 0 bridgehead atoms. The molecule has 0 aromatic heterocycles. The molecule has 0 saturated carbocycles. The van der Waals surface area contributed by atoms with Crippen LogP contribution in [0, 0.1) is 5.92 Å². The van der Waals surface area contributed by atoms with E-state index in [1.807, 2.05) is 0 Å². The van der Waals surface area contributed by atoms with E-state index < -0.39 is 21.2 Å². The van der Waals surface area contributed by atoms with E-state index in [1.54, 1.807) is 0 Å². The van der Waals surface area contributed by atoms with E-state index in [4.69, 9.17) is 0 Å². The lowest BCUT2D eigenvalue weighted by Crippen LogP contribution is -2.39. The first kappa shape index (κ1) is 14.4. The monoisotopic (exact) mass is 264 g/mol. The lowest BCUT2D eigenvalue weighted by molar-refractivity contribution is -0.139. The van der Waals surface area contributed by atoms with Crippen molar-refractivity contribution in [3.8, 4) is 0 Å². The number of rotatable bonds is 6. The van der Waals surface area contributed by atoms with Gasteiger partial charge in [0.25, 0.3) is 0 Å². The summed E-state index contributed by atoms with van der Waals surface area (Å²) >= 11 is 0. The second-order valence-corrected chi connectivity index (χ2v) is 6.34. The number of methoxy groups -OCH3 is 1. The smallest absolute Gasteiger partial charge is 0.325 e. The van der Waals surface area contributed by atoms with Crippen molar-refractivity contribution in [2.24, 2.45) is 5.92 Å². The third kappa shape index (κ3) is 4.25. The fraction of sp³-hybridized carbons (Fsp3) is 0.900. The molecule has 0 aromatic carbocycles. The number of ether oxygens (including phenoxy) is 1. The Morgan fingerprint density at radius 1 is 1.59 bits per heavy atom. The van der Waals surface area contributed by atoms with E-state index in [1.165, 1.54) is 14.0 Å². The molecular formula is C10H20N2O4S. The van der Waals surface area contributed by atoms with Gasteiger partial charge in [0.15, 0.2) is 5.25 Å². The van der Waals surface area contributed by atoms with Crippen LogP contribution >= 0.6 is 0 Å². The van der Waals surface area contributed by atoms with Gasteiger partial charge in [0.1, 0.15) is 0 Å². The number of esters is 1. The molecule has 100 valence electrons. The van der Waals surface area contributed by atoms with Crippen LogP contribution in [0.25, 0.3) is 0 Å². The highest BCUT2D eigenvalue weighted by Gasteiger charge is 2.28. The van der Waals surface area contributed by atoms with Gasteiger partial charge in [0, 0.05) is 6.54 Å². The predicted octanol–water partition coefficient (Wildman–Crippen LogP) is -0.533. The van der Waals surface area contributed by atoms with Crippen LogP contribution in [-0.2, 0) is 19.6 Å². The minimum atomic E-state index is -3.61. The standard InChI is InChI=1S/C10H20N2O4S/c1-8(10(13)16-2)17(14,15)12-6-4-9-3-5-11-7-9/h8-9,11-12H,3-7H2,1-2H3. The molecule has 6 nitrogen and oxygen atoms in total. The molecular weight excluding hydrogens is 244 g/mol. The van der Waals surface area contributed by atoms with E-state index in [-0.39, 0.29) is 0 Å². The fourth-order valence-corrected chi connectivity index (χ4v) is 2.79. The Labute approximate surface area is 102 Å². The number of nitrogens with one attached hydrogen (secondary N) is 2. The van der Waals surface area contributed by atoms with Gasteiger partial charge in [0.2, 0.25) is 10.0 Å². The first-order valence-corrected chi connectivity index (χ1v) is 7.29. The lowest BCUT2D eigenvalue weighted by Gasteiger charge is -2.13. The lowest BCUT2D eigenvalue weighted by atomic mass is 10.1. The molecule has 7 heteroatoms. The van der Waals surface area contributed by atoms with Crippen LogP contribution < -0.4 is 10.0 Å². The van der Waals surface area contributed by atoms with Gasteiger partial charge in [-0.15, -0.1) is 0 Å². The second-order valence-electron chi connectivity index (χ2n) is 4.25. The molecule has 1 aliphatic heterocycles. The van der Waals surface area contributed by atoms with E-state index in [0.717, 1.165) is 25.9 Å². The summed E-state index contributed by atoms with van der Waals surface area (Å²) in [5.74, 6) is -0.217. The molecule has 1 aliphatic rings. The van der Waals surface area contributed by atoms with E-state index >= 15 is 0 Å². The predicted molar refractivity (Wildman–Crippen MR) is 64.0 cm³/mol. The molecule has 0 aromatic rings. The van der Waals surface area contributed by atoms with E-state index in [9.17, 15) is 13.2 Å². The van der Waals surface area contributed by atoms with Crippen LogP contribution in [-0.4, -0.2) is 46.4 Å². The molecule has 2 unspecified atom stereocenters. The molecule has 1 rings (SSSR count). The number of sulfonamides is 1. The van der Waals surface area contributed by atoms with Crippen LogP contribution in [0.15, 0.2) is 0 Å². The minimum Gasteiger partial charge on any atom is -0.468 e. The third-order valence-electron chi connectivity index (χ3n) is 3.02. The quantitative estimate of drug-likeness (QED) is 0.630. The number of carbonyl (C=O) groups is 1. The van der Waals surface area contributed by atoms with Gasteiger partial charge < -0.3 is 10.1 Å². The highest BCUT2D eigenvalue weighted by Crippen LogP contribution is 2.11. The Hall–Kier alpha value is -0.660. The summed E-state index contributed by atoms with van der Waals surface area (Å²) in [6.45, 7) is 3.63. The number of carbonyl (C=O) groups excluding carboxylic acids is 1. The van der Waals surface area contributed by atoms with Crippen LogP contribution in [0.1, 0.15) is 19.8 Å². The zero-order chi connectivity index (χ0) is 12.9. The number of hydrogen-bond acceptors (Lipinski definition) is 5. The summed E-state index contributed by atoms with van der Waals surface area (Å²) in [4.78, 5) is 11.1. The largest absolute Gasteiger partial charge is 0.468 e. The zero-order valence-corrected chi connectivity index (χ0v) is 11.0. The molecule has 1 fully saturated rings. The molecule has 2 atom stereocenters. The molecule has 0 aliphatic carbocycles. The SMILES string of the molecule is COC(=O)C(C)S(=O)(=O)NCCC1CCNC1. The first-order chi connectivity index (χ1) is 7.97. The molecule has 0 radical (unpaired) electrons. The summed E-state index contributed by atoms with van der Waals surface area (Å²) < 4.78 is 30.2. The Balaban J connectivity index is 2.35. The normalized spacial score (nSPS) is 22.4. The summed E-state index contributed by atoms with van der Waals surface area (Å²) in [6.07, 6.45) is 1.87. The molecule has 0 spiro atoms. The van der Waals surface area contributed by atoms with Crippen LogP contribution in [0.2, 0.25) is 0 Å². The third-order valence-corrected chi connectivity index (χ3v) is 4.75. The topological polar surface area (TPSA) is 84.5 Å². The summed E-state index contributed by atoms with van der Waals surface area (Å²) in [5.41, 5.74) is 0. The van der Waals surface area contributed by atoms with Gasteiger partial charge in [-0.1, -0.05) is 0 Å². The summed E-state index contributed by atoms with van der Waals surface area (Å²) in [7, 11) is -2.43. The summed E-state index contributed by atoms with van der Waals surface area (Å²) in [6, 6.07) is 0. The van der Waals surface area contributed by atoms with Gasteiger partial charge in [-0.2, -0.15) is 0 Å². The summed E-state index contributed by atoms with van der Waals surface area (Å²) in [5, 5.41) is 2.06. The first-order valence-electron chi connectivity index (χ1n) is 5.74. The Bertz CT molecular complexity index is 349. The Kier molecular flexibility index (Phi) is 5.35. The fourth-order valence-electron chi connectivity index (χ4n) is 1.78. The average Bonchev–Trinajstić information content (AvgIpc) is 2.79. The highest BCUT2D eigenvalue weighted by molar-refractivity contribution is 7.90. The minimum absolute atomic E-state index is 0.371. The number of hydrogen-bond donors (Lipinski definition) is 2. The maximum absolute atomic E-state index is 11.7. The van der Waals surface area contributed by atoms with Crippen molar-refractivity contribution in [3.05, 3.63) is 0 Å². The van der Waals surface area contributed by atoms with Gasteiger partial charge in [-0.3, -0.25) is 4.79 Å². The van der Waals surface area contributed by atoms with Crippen LogP contribution in [0.5, 0.6) is 0 Å². The van der Waals surface area contributed by atoms with Crippen molar-refractivity contribution in [2.45, 2.75) is 25.0 Å². The molecule has 17 heavy (non-hydrogen) atoms. The van der Waals surface area contributed by atoms with Crippen molar-refractivity contribution in [1.29, 1.82) is 0 Å². The Morgan fingerprint density at radius 2 is 2.29 bits per heavy atom. The van der Waals surface area contributed by atoms with Gasteiger partial charge in [-0.05, 0) is 38.8 Å². The Morgan fingerprint density at radius 3 is 2.82 bits per heavy atom. The molecule has 0 amide bonds. The van der Waals surface area contributed by atoms with E-state index in [2.05, 4.69) is 14.8 Å². The average molecular weight is 264 g/mol.